The second-order valence-electron chi connectivity index (χ2n) is 7.62. The largest absolute Gasteiger partial charge is 0.507 e. The molecular formula is C22H29NO3. The molecule has 0 radical (unpaired) electrons. The maximum absolute atomic E-state index is 11.0. The van der Waals surface area contributed by atoms with E-state index < -0.39 is 11.7 Å². The molecule has 3 rings (SSSR count). The van der Waals surface area contributed by atoms with E-state index in [0.717, 1.165) is 35.3 Å². The third-order valence-corrected chi connectivity index (χ3v) is 5.82. The van der Waals surface area contributed by atoms with Crippen molar-refractivity contribution in [1.29, 1.82) is 0 Å². The molecule has 2 aromatic rings. The Morgan fingerprint density at radius 1 is 1.00 bits per heavy atom. The third-order valence-electron chi connectivity index (χ3n) is 5.82. The van der Waals surface area contributed by atoms with Crippen LogP contribution in [0, 0.1) is 13.8 Å². The van der Waals surface area contributed by atoms with Gasteiger partial charge in [-0.05, 0) is 68.0 Å². The number of aliphatic hydroxyl groups excluding tert-OH is 1. The molecule has 2 aromatic carbocycles. The summed E-state index contributed by atoms with van der Waals surface area (Å²) < 4.78 is 0. The molecule has 0 spiro atoms. The normalized spacial score (nSPS) is 19.9. The summed E-state index contributed by atoms with van der Waals surface area (Å²) in [6.45, 7) is 7.20. The zero-order chi connectivity index (χ0) is 18.9. The van der Waals surface area contributed by atoms with Crippen LogP contribution in [0.15, 0.2) is 42.5 Å². The molecule has 1 saturated heterocycles. The Kier molecular flexibility index (Phi) is 5.37. The second kappa shape index (κ2) is 7.39. The maximum atomic E-state index is 11.0. The van der Waals surface area contributed by atoms with Crippen LogP contribution in [0.3, 0.4) is 0 Å². The number of rotatable bonds is 4. The highest BCUT2D eigenvalue weighted by atomic mass is 16.3. The Morgan fingerprint density at radius 2 is 1.54 bits per heavy atom. The lowest BCUT2D eigenvalue weighted by molar-refractivity contribution is -0.0501. The number of benzene rings is 2. The summed E-state index contributed by atoms with van der Waals surface area (Å²) in [4.78, 5) is 2.24. The summed E-state index contributed by atoms with van der Waals surface area (Å²) in [6, 6.07) is 13.5. The number of nitrogens with zero attached hydrogens (tertiary/aromatic N) is 1. The molecule has 140 valence electrons. The predicted molar refractivity (Wildman–Crippen MR) is 103 cm³/mol. The van der Waals surface area contributed by atoms with Gasteiger partial charge in [0.25, 0.3) is 0 Å². The van der Waals surface area contributed by atoms with Crippen LogP contribution < -0.4 is 0 Å². The van der Waals surface area contributed by atoms with E-state index in [1.54, 1.807) is 0 Å². The molecule has 1 unspecified atom stereocenters. The van der Waals surface area contributed by atoms with Crippen LogP contribution in [-0.4, -0.2) is 39.4 Å². The first-order valence-corrected chi connectivity index (χ1v) is 9.32. The van der Waals surface area contributed by atoms with Gasteiger partial charge in [0.2, 0.25) is 0 Å². The van der Waals surface area contributed by atoms with E-state index in [-0.39, 0.29) is 6.04 Å². The number of phenolic OH excluding ortho intramolecular Hbond substituents is 1. The Balaban J connectivity index is 1.69. The van der Waals surface area contributed by atoms with Gasteiger partial charge in [-0.1, -0.05) is 30.3 Å². The first-order chi connectivity index (χ1) is 12.3. The van der Waals surface area contributed by atoms with Crippen molar-refractivity contribution >= 4 is 0 Å². The zero-order valence-corrected chi connectivity index (χ0v) is 15.8. The minimum Gasteiger partial charge on any atom is -0.507 e. The van der Waals surface area contributed by atoms with Gasteiger partial charge in [-0.25, -0.2) is 0 Å². The minimum absolute atomic E-state index is 0.0568. The molecular weight excluding hydrogens is 326 g/mol. The van der Waals surface area contributed by atoms with Crippen molar-refractivity contribution in [3.05, 3.63) is 64.7 Å². The monoisotopic (exact) mass is 355 g/mol. The van der Waals surface area contributed by atoms with Crippen molar-refractivity contribution in [1.82, 2.24) is 4.90 Å². The van der Waals surface area contributed by atoms with Gasteiger partial charge in [-0.15, -0.1) is 0 Å². The number of phenols is 1. The summed E-state index contributed by atoms with van der Waals surface area (Å²) in [5.74, 6) is 0.291. The zero-order valence-electron chi connectivity index (χ0n) is 15.8. The van der Waals surface area contributed by atoms with Crippen molar-refractivity contribution in [3.8, 4) is 5.75 Å². The standard InChI is InChI=1S/C22H29NO3/c1-15-13-18(14-16(2)20(15)24)21(25)17(3)23-11-9-22(26,10-12-23)19-7-5-4-6-8-19/h4-8,13-14,17,21,24-26H,9-12H2,1-3H3/t17-,21?/m1/s1. The maximum Gasteiger partial charge on any atom is 0.121 e. The van der Waals surface area contributed by atoms with Gasteiger partial charge < -0.3 is 15.3 Å². The number of likely N-dealkylation sites (tertiary alicyclic amines) is 1. The molecule has 1 fully saturated rings. The van der Waals surface area contributed by atoms with Crippen molar-refractivity contribution in [2.45, 2.75) is 51.4 Å². The summed E-state index contributed by atoms with van der Waals surface area (Å²) >= 11 is 0. The number of hydrogen-bond acceptors (Lipinski definition) is 4. The molecule has 0 bridgehead atoms. The predicted octanol–water partition coefficient (Wildman–Crippen LogP) is 3.41. The van der Waals surface area contributed by atoms with Crippen LogP contribution in [-0.2, 0) is 5.60 Å². The van der Waals surface area contributed by atoms with Crippen molar-refractivity contribution < 1.29 is 15.3 Å². The van der Waals surface area contributed by atoms with Gasteiger partial charge in [0.05, 0.1) is 11.7 Å². The van der Waals surface area contributed by atoms with E-state index in [1.165, 1.54) is 0 Å². The molecule has 0 amide bonds. The van der Waals surface area contributed by atoms with Crippen LogP contribution in [0.5, 0.6) is 5.75 Å². The molecule has 26 heavy (non-hydrogen) atoms. The summed E-state index contributed by atoms with van der Waals surface area (Å²) in [6.07, 6.45) is 0.680. The number of piperidine rings is 1. The summed E-state index contributed by atoms with van der Waals surface area (Å²) in [7, 11) is 0. The van der Waals surface area contributed by atoms with Gasteiger partial charge >= 0.3 is 0 Å². The molecule has 0 aromatic heterocycles. The Bertz CT molecular complexity index is 728. The highest BCUT2D eigenvalue weighted by molar-refractivity contribution is 5.43. The average molecular weight is 355 g/mol. The molecule has 3 N–H and O–H groups in total. The highest BCUT2D eigenvalue weighted by Gasteiger charge is 2.36. The van der Waals surface area contributed by atoms with E-state index >= 15 is 0 Å². The number of hydrogen-bond donors (Lipinski definition) is 3. The van der Waals surface area contributed by atoms with E-state index in [9.17, 15) is 15.3 Å². The SMILES string of the molecule is Cc1cc(C(O)[C@@H](C)N2CCC(O)(c3ccccc3)CC2)cc(C)c1O. The smallest absolute Gasteiger partial charge is 0.121 e. The lowest BCUT2D eigenvalue weighted by Crippen LogP contribution is -2.47. The van der Waals surface area contributed by atoms with Gasteiger partial charge in [0.15, 0.2) is 0 Å². The molecule has 2 atom stereocenters. The number of aliphatic hydroxyl groups is 2. The van der Waals surface area contributed by atoms with Crippen molar-refractivity contribution in [2.24, 2.45) is 0 Å². The van der Waals surface area contributed by atoms with E-state index in [1.807, 2.05) is 63.2 Å². The molecule has 1 aliphatic rings. The number of aromatic hydroxyl groups is 1. The third kappa shape index (κ3) is 3.63. The minimum atomic E-state index is -0.784. The van der Waals surface area contributed by atoms with Crippen LogP contribution in [0.25, 0.3) is 0 Å². The summed E-state index contributed by atoms with van der Waals surface area (Å²) in [5.41, 5.74) is 2.58. The Hall–Kier alpha value is -1.88. The van der Waals surface area contributed by atoms with Crippen LogP contribution in [0.1, 0.15) is 48.1 Å². The lowest BCUT2D eigenvalue weighted by atomic mass is 9.83. The van der Waals surface area contributed by atoms with Crippen molar-refractivity contribution in [2.75, 3.05) is 13.1 Å². The second-order valence-corrected chi connectivity index (χ2v) is 7.62. The molecule has 4 heteroatoms. The average Bonchev–Trinajstić information content (AvgIpc) is 2.66. The molecule has 0 aliphatic carbocycles. The fourth-order valence-corrected chi connectivity index (χ4v) is 3.98. The van der Waals surface area contributed by atoms with Gasteiger partial charge in [-0.3, -0.25) is 4.90 Å². The van der Waals surface area contributed by atoms with Gasteiger partial charge in [-0.2, -0.15) is 0 Å². The van der Waals surface area contributed by atoms with Crippen molar-refractivity contribution in [3.63, 3.8) is 0 Å². The Labute approximate surface area is 155 Å². The first-order valence-electron chi connectivity index (χ1n) is 9.32. The van der Waals surface area contributed by atoms with Gasteiger partial charge in [0, 0.05) is 19.1 Å². The van der Waals surface area contributed by atoms with E-state index in [2.05, 4.69) is 4.90 Å². The lowest BCUT2D eigenvalue weighted by Gasteiger charge is -2.42. The topological polar surface area (TPSA) is 63.9 Å². The number of aryl methyl sites for hydroxylation is 2. The van der Waals surface area contributed by atoms with Crippen LogP contribution in [0.2, 0.25) is 0 Å². The van der Waals surface area contributed by atoms with E-state index in [4.69, 9.17) is 0 Å². The fraction of sp³-hybridized carbons (Fsp3) is 0.455. The quantitative estimate of drug-likeness (QED) is 0.786. The fourth-order valence-electron chi connectivity index (χ4n) is 3.98. The molecule has 1 heterocycles. The highest BCUT2D eigenvalue weighted by Crippen LogP contribution is 2.35. The Morgan fingerprint density at radius 3 is 2.08 bits per heavy atom. The molecule has 4 nitrogen and oxygen atoms in total. The van der Waals surface area contributed by atoms with Crippen LogP contribution >= 0.6 is 0 Å². The first kappa shape index (κ1) is 18.9. The molecule has 0 saturated carbocycles. The van der Waals surface area contributed by atoms with Crippen LogP contribution in [0.4, 0.5) is 0 Å². The summed E-state index contributed by atoms with van der Waals surface area (Å²) in [5, 5.41) is 31.8. The van der Waals surface area contributed by atoms with Gasteiger partial charge in [0.1, 0.15) is 5.75 Å². The molecule has 1 aliphatic heterocycles. The van der Waals surface area contributed by atoms with E-state index in [0.29, 0.717) is 18.6 Å².